The number of hydrogen-bond acceptors (Lipinski definition) is 6. The van der Waals surface area contributed by atoms with Crippen molar-refractivity contribution >= 4 is 17.2 Å². The van der Waals surface area contributed by atoms with E-state index in [1.165, 1.54) is 6.07 Å². The lowest BCUT2D eigenvalue weighted by Crippen LogP contribution is -2.47. The minimum absolute atomic E-state index is 0.0399. The van der Waals surface area contributed by atoms with Crippen LogP contribution in [0.2, 0.25) is 0 Å². The third kappa shape index (κ3) is 3.01. The number of aromatic hydroxyl groups is 1. The first-order valence-electron chi connectivity index (χ1n) is 8.25. The van der Waals surface area contributed by atoms with Gasteiger partial charge in [-0.1, -0.05) is 0 Å². The first-order chi connectivity index (χ1) is 11.7. The Hall–Kier alpha value is -1.99. The largest absolute Gasteiger partial charge is 0.505 e. The smallest absolute Gasteiger partial charge is 0.276 e. The summed E-state index contributed by atoms with van der Waals surface area (Å²) in [5.41, 5.74) is 3.12. The van der Waals surface area contributed by atoms with Crippen LogP contribution < -0.4 is 0 Å². The summed E-state index contributed by atoms with van der Waals surface area (Å²) >= 11 is 1.62. The van der Waals surface area contributed by atoms with Gasteiger partial charge in [-0.05, 0) is 30.9 Å². The number of piperidine rings is 1. The summed E-state index contributed by atoms with van der Waals surface area (Å²) in [7, 11) is 0. The fourth-order valence-corrected chi connectivity index (χ4v) is 4.35. The highest BCUT2D eigenvalue weighted by Gasteiger charge is 2.38. The van der Waals surface area contributed by atoms with E-state index >= 15 is 0 Å². The maximum atomic E-state index is 12.9. The average Bonchev–Trinajstić information content (AvgIpc) is 2.94. The molecule has 6 nitrogen and oxygen atoms in total. The number of carbonyl (C=O) groups excluding carboxylic acids is 1. The molecule has 0 spiro atoms. The standard InChI is InChI=1S/C17H20N4O2S/c22-15-2-1-5-18-16(15)17(23)21-7-12-3-4-14(21)9-20(6-12)8-13-10-24-11-19-13/h1-2,5,10-12,14,22H,3-4,6-9H2/t12-,14+/m0/s1. The maximum Gasteiger partial charge on any atom is 0.276 e. The van der Waals surface area contributed by atoms with Crippen molar-refractivity contribution in [2.24, 2.45) is 5.92 Å². The minimum Gasteiger partial charge on any atom is -0.505 e. The molecule has 3 aliphatic rings. The Morgan fingerprint density at radius 3 is 3.00 bits per heavy atom. The number of rotatable bonds is 3. The number of carbonyl (C=O) groups is 1. The van der Waals surface area contributed by atoms with Crippen molar-refractivity contribution in [1.82, 2.24) is 19.8 Å². The van der Waals surface area contributed by atoms with Crippen LogP contribution in [0.25, 0.3) is 0 Å². The van der Waals surface area contributed by atoms with E-state index in [1.807, 2.05) is 10.4 Å². The molecule has 1 N–H and O–H groups in total. The van der Waals surface area contributed by atoms with Crippen molar-refractivity contribution in [2.45, 2.75) is 25.4 Å². The molecular formula is C17H20N4O2S. The highest BCUT2D eigenvalue weighted by atomic mass is 32.1. The van der Waals surface area contributed by atoms with E-state index in [2.05, 4.69) is 20.2 Å². The van der Waals surface area contributed by atoms with Crippen LogP contribution >= 0.6 is 11.3 Å². The molecule has 2 bridgehead atoms. The number of pyridine rings is 1. The van der Waals surface area contributed by atoms with Gasteiger partial charge in [0, 0.05) is 43.8 Å². The summed E-state index contributed by atoms with van der Waals surface area (Å²) in [6.07, 6.45) is 3.71. The normalized spacial score (nSPS) is 24.1. The van der Waals surface area contributed by atoms with E-state index in [0.717, 1.165) is 44.7 Å². The van der Waals surface area contributed by atoms with Gasteiger partial charge in [-0.2, -0.15) is 0 Å². The van der Waals surface area contributed by atoms with Crippen LogP contribution in [0.3, 0.4) is 0 Å². The highest BCUT2D eigenvalue weighted by Crippen LogP contribution is 2.30. The number of thiazole rings is 1. The van der Waals surface area contributed by atoms with Crippen LogP contribution in [0.1, 0.15) is 29.0 Å². The molecule has 5 rings (SSSR count). The molecule has 5 heterocycles. The Morgan fingerprint density at radius 2 is 2.21 bits per heavy atom. The number of aromatic nitrogens is 2. The summed E-state index contributed by atoms with van der Waals surface area (Å²) < 4.78 is 0. The second-order valence-electron chi connectivity index (χ2n) is 6.60. The van der Waals surface area contributed by atoms with Gasteiger partial charge in [0.05, 0.1) is 11.2 Å². The van der Waals surface area contributed by atoms with Gasteiger partial charge in [0.1, 0.15) is 5.75 Å². The topological polar surface area (TPSA) is 69.6 Å². The fraction of sp³-hybridized carbons (Fsp3) is 0.471. The van der Waals surface area contributed by atoms with Crippen molar-refractivity contribution in [1.29, 1.82) is 0 Å². The number of nitrogens with zero attached hydrogens (tertiary/aromatic N) is 4. The van der Waals surface area contributed by atoms with Gasteiger partial charge in [0.15, 0.2) is 5.69 Å². The zero-order valence-electron chi connectivity index (χ0n) is 13.3. The Bertz CT molecular complexity index is 721. The molecule has 3 fully saturated rings. The van der Waals surface area contributed by atoms with Crippen molar-refractivity contribution in [3.8, 4) is 5.75 Å². The van der Waals surface area contributed by atoms with Gasteiger partial charge in [-0.25, -0.2) is 9.97 Å². The third-order valence-electron chi connectivity index (χ3n) is 4.91. The quantitative estimate of drug-likeness (QED) is 0.922. The highest BCUT2D eigenvalue weighted by molar-refractivity contribution is 7.07. The molecule has 3 aliphatic heterocycles. The fourth-order valence-electron chi connectivity index (χ4n) is 3.80. The molecule has 0 aromatic carbocycles. The predicted molar refractivity (Wildman–Crippen MR) is 90.8 cm³/mol. The van der Waals surface area contributed by atoms with E-state index < -0.39 is 0 Å². The van der Waals surface area contributed by atoms with Crippen LogP contribution in [0, 0.1) is 5.92 Å². The van der Waals surface area contributed by atoms with Crippen LogP contribution in [-0.2, 0) is 6.54 Å². The van der Waals surface area contributed by atoms with Gasteiger partial charge < -0.3 is 10.0 Å². The van der Waals surface area contributed by atoms with Gasteiger partial charge in [0.25, 0.3) is 5.91 Å². The first kappa shape index (κ1) is 15.5. The van der Waals surface area contributed by atoms with E-state index in [1.54, 1.807) is 23.6 Å². The van der Waals surface area contributed by atoms with Crippen molar-refractivity contribution in [2.75, 3.05) is 19.6 Å². The van der Waals surface area contributed by atoms with Gasteiger partial charge in [0.2, 0.25) is 0 Å². The zero-order valence-corrected chi connectivity index (χ0v) is 14.2. The minimum atomic E-state index is -0.154. The lowest BCUT2D eigenvalue weighted by atomic mass is 9.94. The molecule has 2 aromatic heterocycles. The second-order valence-corrected chi connectivity index (χ2v) is 7.32. The molecule has 0 saturated carbocycles. The molecule has 2 atom stereocenters. The molecule has 3 saturated heterocycles. The number of fused-ring (bicyclic) bond motifs is 4. The molecule has 0 radical (unpaired) electrons. The lowest BCUT2D eigenvalue weighted by molar-refractivity contribution is 0.0575. The van der Waals surface area contributed by atoms with Crippen LogP contribution in [-0.4, -0.2) is 56.5 Å². The third-order valence-corrected chi connectivity index (χ3v) is 5.54. The van der Waals surface area contributed by atoms with E-state index in [-0.39, 0.29) is 23.4 Å². The monoisotopic (exact) mass is 344 g/mol. The SMILES string of the molecule is O=C(c1ncccc1O)N1C[C@H]2CC[C@@H]1CN(Cc1cscn1)C2. The van der Waals surface area contributed by atoms with Gasteiger partial charge in [-0.15, -0.1) is 11.3 Å². The van der Waals surface area contributed by atoms with Gasteiger partial charge >= 0.3 is 0 Å². The number of amides is 1. The second kappa shape index (κ2) is 6.49. The Labute approximate surface area is 144 Å². The molecule has 2 aromatic rings. The Kier molecular flexibility index (Phi) is 4.20. The van der Waals surface area contributed by atoms with Crippen molar-refractivity contribution in [3.05, 3.63) is 40.6 Å². The van der Waals surface area contributed by atoms with Gasteiger partial charge in [-0.3, -0.25) is 9.69 Å². The molecule has 126 valence electrons. The summed E-state index contributed by atoms with van der Waals surface area (Å²) in [6, 6.07) is 3.33. The molecule has 1 amide bonds. The molecule has 24 heavy (non-hydrogen) atoms. The summed E-state index contributed by atoms with van der Waals surface area (Å²) in [6.45, 7) is 3.43. The average molecular weight is 344 g/mol. The molecule has 0 aliphatic carbocycles. The first-order valence-corrected chi connectivity index (χ1v) is 9.19. The zero-order chi connectivity index (χ0) is 16.5. The lowest BCUT2D eigenvalue weighted by Gasteiger charge is -2.36. The summed E-state index contributed by atoms with van der Waals surface area (Å²) in [5.74, 6) is 0.275. The molecular weight excluding hydrogens is 324 g/mol. The summed E-state index contributed by atoms with van der Waals surface area (Å²) in [5, 5.41) is 12.0. The predicted octanol–water partition coefficient (Wildman–Crippen LogP) is 1.98. The van der Waals surface area contributed by atoms with Crippen LogP contribution in [0.15, 0.2) is 29.2 Å². The van der Waals surface area contributed by atoms with Crippen LogP contribution in [0.4, 0.5) is 0 Å². The van der Waals surface area contributed by atoms with Crippen molar-refractivity contribution in [3.63, 3.8) is 0 Å². The Morgan fingerprint density at radius 1 is 1.29 bits per heavy atom. The van der Waals surface area contributed by atoms with E-state index in [9.17, 15) is 9.90 Å². The molecule has 0 unspecified atom stereocenters. The Balaban J connectivity index is 1.52. The summed E-state index contributed by atoms with van der Waals surface area (Å²) in [4.78, 5) is 25.6. The van der Waals surface area contributed by atoms with Crippen molar-refractivity contribution < 1.29 is 9.90 Å². The molecule has 7 heteroatoms. The van der Waals surface area contributed by atoms with E-state index in [0.29, 0.717) is 5.92 Å². The number of hydrogen-bond donors (Lipinski definition) is 1. The van der Waals surface area contributed by atoms with Crippen LogP contribution in [0.5, 0.6) is 5.75 Å². The van der Waals surface area contributed by atoms with E-state index in [4.69, 9.17) is 0 Å². The maximum absolute atomic E-state index is 12.9.